The van der Waals surface area contributed by atoms with Gasteiger partial charge in [0.2, 0.25) is 0 Å². The molecule has 1 fully saturated rings. The van der Waals surface area contributed by atoms with Crippen molar-refractivity contribution in [3.63, 3.8) is 0 Å². The third-order valence-corrected chi connectivity index (χ3v) is 6.29. The van der Waals surface area contributed by atoms with Gasteiger partial charge in [0.1, 0.15) is 0 Å². The summed E-state index contributed by atoms with van der Waals surface area (Å²) in [6.45, 7) is 7.08. The number of fused-ring (bicyclic) bond motifs is 1. The minimum absolute atomic E-state index is 0.0217. The summed E-state index contributed by atoms with van der Waals surface area (Å²) < 4.78 is 12.9. The molecular formula is C21H29N5O4. The fraction of sp³-hybridized carbons (Fsp3) is 0.667. The highest BCUT2D eigenvalue weighted by Crippen LogP contribution is 2.37. The molecule has 162 valence electrons. The van der Waals surface area contributed by atoms with Crippen LogP contribution in [0.3, 0.4) is 0 Å². The third kappa shape index (κ3) is 4.03. The number of carbonyl (C=O) groups is 2. The lowest BCUT2D eigenvalue weighted by molar-refractivity contribution is -0.139. The maximum Gasteiger partial charge on any atom is 0.337 e. The first-order chi connectivity index (χ1) is 14.5. The van der Waals surface area contributed by atoms with Gasteiger partial charge in [0.15, 0.2) is 0 Å². The molecule has 1 amide bonds. The van der Waals surface area contributed by atoms with Crippen LogP contribution in [0.2, 0.25) is 0 Å². The van der Waals surface area contributed by atoms with Gasteiger partial charge in [-0.25, -0.2) is 4.79 Å². The van der Waals surface area contributed by atoms with Gasteiger partial charge in [-0.1, -0.05) is 6.92 Å². The second kappa shape index (κ2) is 8.67. The Hall–Kier alpha value is -2.55. The van der Waals surface area contributed by atoms with E-state index in [1.54, 1.807) is 6.92 Å². The summed E-state index contributed by atoms with van der Waals surface area (Å²) in [5.74, 6) is -0.384. The molecule has 0 bridgehead atoms. The number of aromatic nitrogens is 2. The number of hydrogen-bond acceptors (Lipinski definition) is 7. The molecule has 4 heterocycles. The highest BCUT2D eigenvalue weighted by atomic mass is 16.5. The molecule has 1 spiro atoms. The molecule has 3 aliphatic heterocycles. The van der Waals surface area contributed by atoms with E-state index in [2.05, 4.69) is 15.5 Å². The summed E-state index contributed by atoms with van der Waals surface area (Å²) >= 11 is 0. The Morgan fingerprint density at radius 3 is 2.83 bits per heavy atom. The summed E-state index contributed by atoms with van der Waals surface area (Å²) in [5, 5.41) is 15.6. The summed E-state index contributed by atoms with van der Waals surface area (Å²) in [7, 11) is 0. The van der Waals surface area contributed by atoms with Gasteiger partial charge in [-0.2, -0.15) is 15.3 Å². The zero-order valence-electron chi connectivity index (χ0n) is 17.7. The molecule has 4 rings (SSSR count). The molecule has 3 aliphatic rings. The van der Waals surface area contributed by atoms with Crippen LogP contribution >= 0.6 is 0 Å². The number of nitrogens with zero attached hydrogens (tertiary/aromatic N) is 4. The number of aryl methyl sites for hydroxylation is 2. The van der Waals surface area contributed by atoms with Gasteiger partial charge < -0.3 is 14.8 Å². The fourth-order valence-corrected chi connectivity index (χ4v) is 4.42. The van der Waals surface area contributed by atoms with Gasteiger partial charge in [0.05, 0.1) is 41.4 Å². The lowest BCUT2D eigenvalue weighted by Crippen LogP contribution is -2.40. The molecule has 1 aromatic rings. The van der Waals surface area contributed by atoms with Gasteiger partial charge in [0.25, 0.3) is 5.91 Å². The van der Waals surface area contributed by atoms with Crippen LogP contribution in [0.1, 0.15) is 54.9 Å². The number of nitrogens with one attached hydrogen (secondary N) is 1. The maximum absolute atomic E-state index is 12.8. The number of hydrogen-bond donors (Lipinski definition) is 1. The third-order valence-electron chi connectivity index (χ3n) is 6.29. The van der Waals surface area contributed by atoms with Gasteiger partial charge >= 0.3 is 5.97 Å². The summed E-state index contributed by atoms with van der Waals surface area (Å²) in [5.41, 5.74) is 3.73. The fourth-order valence-electron chi connectivity index (χ4n) is 4.42. The lowest BCUT2D eigenvalue weighted by atomic mass is 9.76. The quantitative estimate of drug-likeness (QED) is 0.566. The van der Waals surface area contributed by atoms with Crippen LogP contribution in [0.25, 0.3) is 0 Å². The van der Waals surface area contributed by atoms with Crippen LogP contribution in [0.15, 0.2) is 21.5 Å². The van der Waals surface area contributed by atoms with Crippen molar-refractivity contribution in [2.24, 2.45) is 15.6 Å². The van der Waals surface area contributed by atoms with E-state index < -0.39 is 0 Å². The van der Waals surface area contributed by atoms with Crippen molar-refractivity contribution in [2.75, 3.05) is 32.9 Å². The van der Waals surface area contributed by atoms with Crippen molar-refractivity contribution < 1.29 is 19.1 Å². The van der Waals surface area contributed by atoms with Crippen molar-refractivity contribution in [2.45, 2.75) is 52.5 Å². The summed E-state index contributed by atoms with van der Waals surface area (Å²) in [4.78, 5) is 25.0. The average Bonchev–Trinajstić information content (AvgIpc) is 3.29. The first-order valence-electron chi connectivity index (χ1n) is 10.7. The highest BCUT2D eigenvalue weighted by Gasteiger charge is 2.39. The van der Waals surface area contributed by atoms with Crippen molar-refractivity contribution in [1.82, 2.24) is 15.1 Å². The zero-order chi connectivity index (χ0) is 21.1. The smallest absolute Gasteiger partial charge is 0.337 e. The van der Waals surface area contributed by atoms with Gasteiger partial charge in [-0.3, -0.25) is 9.48 Å². The molecule has 0 aliphatic carbocycles. The van der Waals surface area contributed by atoms with Crippen LogP contribution in [-0.2, 0) is 33.7 Å². The second-order valence-corrected chi connectivity index (χ2v) is 8.27. The molecular weight excluding hydrogens is 386 g/mol. The molecule has 1 aromatic heterocycles. The van der Waals surface area contributed by atoms with Gasteiger partial charge in [-0.15, -0.1) is 0 Å². The molecule has 0 radical (unpaired) electrons. The largest absolute Gasteiger partial charge is 0.462 e. The first kappa shape index (κ1) is 20.7. The van der Waals surface area contributed by atoms with Gasteiger partial charge in [0, 0.05) is 32.7 Å². The average molecular weight is 415 g/mol. The van der Waals surface area contributed by atoms with Crippen LogP contribution < -0.4 is 5.32 Å². The van der Waals surface area contributed by atoms with Crippen molar-refractivity contribution >= 4 is 11.9 Å². The van der Waals surface area contributed by atoms with E-state index in [1.807, 2.05) is 11.6 Å². The molecule has 0 unspecified atom stereocenters. The number of ether oxygens (including phenoxy) is 2. The second-order valence-electron chi connectivity index (χ2n) is 8.27. The predicted molar refractivity (Wildman–Crippen MR) is 108 cm³/mol. The molecule has 1 saturated heterocycles. The minimum atomic E-state index is -0.355. The number of rotatable bonds is 6. The zero-order valence-corrected chi connectivity index (χ0v) is 17.7. The van der Waals surface area contributed by atoms with Crippen molar-refractivity contribution in [3.8, 4) is 0 Å². The van der Waals surface area contributed by atoms with Crippen molar-refractivity contribution in [1.29, 1.82) is 0 Å². The van der Waals surface area contributed by atoms with E-state index in [9.17, 15) is 9.59 Å². The SMILES string of the molecule is CCc1nn(CCCOC(=O)C2=C(C)N=NC2)c2c1C(=O)NCC1(CCOCC1)C2. The number of esters is 1. The van der Waals surface area contributed by atoms with E-state index in [-0.39, 0.29) is 30.4 Å². The molecule has 0 saturated carbocycles. The number of allylic oxidation sites excluding steroid dienone is 1. The highest BCUT2D eigenvalue weighted by molar-refractivity contribution is 5.97. The topological polar surface area (TPSA) is 107 Å². The monoisotopic (exact) mass is 415 g/mol. The standard InChI is InChI=1S/C21H29N5O4/c1-3-16-18-17(11-21(13-22-19(18)27)5-9-29-10-6-21)26(25-16)7-4-8-30-20(28)15-12-23-24-14(15)2/h3-13H2,1-2H3,(H,22,27). The van der Waals surface area contributed by atoms with E-state index >= 15 is 0 Å². The Morgan fingerprint density at radius 2 is 2.13 bits per heavy atom. The van der Waals surface area contributed by atoms with Crippen LogP contribution in [0, 0.1) is 5.41 Å². The Morgan fingerprint density at radius 1 is 1.33 bits per heavy atom. The Balaban J connectivity index is 1.45. The molecule has 9 heteroatoms. The van der Waals surface area contributed by atoms with E-state index in [1.165, 1.54) is 0 Å². The van der Waals surface area contributed by atoms with E-state index in [0.717, 1.165) is 49.4 Å². The molecule has 0 aromatic carbocycles. The van der Waals surface area contributed by atoms with E-state index in [4.69, 9.17) is 14.6 Å². The van der Waals surface area contributed by atoms with Crippen LogP contribution in [0.4, 0.5) is 0 Å². The van der Waals surface area contributed by atoms with E-state index in [0.29, 0.717) is 37.2 Å². The Bertz CT molecular complexity index is 895. The summed E-state index contributed by atoms with van der Waals surface area (Å²) in [6.07, 6.45) is 4.00. The first-order valence-corrected chi connectivity index (χ1v) is 10.7. The van der Waals surface area contributed by atoms with Crippen molar-refractivity contribution in [3.05, 3.63) is 28.2 Å². The number of carbonyl (C=O) groups excluding carboxylic acids is 2. The van der Waals surface area contributed by atoms with Gasteiger partial charge in [-0.05, 0) is 38.0 Å². The maximum atomic E-state index is 12.8. The Kier molecular flexibility index (Phi) is 5.99. The molecule has 9 nitrogen and oxygen atoms in total. The predicted octanol–water partition coefficient (Wildman–Crippen LogP) is 2.20. The minimum Gasteiger partial charge on any atom is -0.462 e. The number of azo groups is 1. The molecule has 30 heavy (non-hydrogen) atoms. The Labute approximate surface area is 175 Å². The normalized spacial score (nSPS) is 20.3. The number of amides is 1. The molecule has 1 N–H and O–H groups in total. The van der Waals surface area contributed by atoms with Crippen LogP contribution in [-0.4, -0.2) is 54.6 Å². The molecule has 0 atom stereocenters. The van der Waals surface area contributed by atoms with Crippen LogP contribution in [0.5, 0.6) is 0 Å². The summed E-state index contributed by atoms with van der Waals surface area (Å²) in [6, 6.07) is 0. The lowest BCUT2D eigenvalue weighted by Gasteiger charge is -2.36.